The van der Waals surface area contributed by atoms with Gasteiger partial charge in [-0.05, 0) is 62.1 Å². The predicted octanol–water partition coefficient (Wildman–Crippen LogP) is 3.23. The lowest BCUT2D eigenvalue weighted by molar-refractivity contribution is -0.131. The lowest BCUT2D eigenvalue weighted by atomic mass is 9.73. The van der Waals surface area contributed by atoms with Gasteiger partial charge in [0.15, 0.2) is 11.6 Å². The molecule has 0 spiro atoms. The molecule has 0 saturated heterocycles. The number of carbonyl (C=O) groups is 4. The first kappa shape index (κ1) is 33.6. The number of ketones is 4. The molecule has 228 valence electrons. The normalized spacial score (nSPS) is 15.8. The maximum absolute atomic E-state index is 13.4. The fourth-order valence-corrected chi connectivity index (χ4v) is 5.65. The zero-order valence-electron chi connectivity index (χ0n) is 24.2. The second-order valence-corrected chi connectivity index (χ2v) is 11.0. The zero-order chi connectivity index (χ0) is 29.6. The van der Waals surface area contributed by atoms with E-state index in [-0.39, 0.29) is 80.5 Å². The fraction of sp³-hybridized carbons (Fsp3) is 0.484. The van der Waals surface area contributed by atoms with Gasteiger partial charge in [-0.3, -0.25) is 19.2 Å². The van der Waals surface area contributed by atoms with Crippen LogP contribution in [0.25, 0.3) is 0 Å². The van der Waals surface area contributed by atoms with Crippen LogP contribution in [0.5, 0.6) is 5.75 Å². The molecule has 1 aliphatic rings. The lowest BCUT2D eigenvalue weighted by Crippen LogP contribution is -2.33. The third-order valence-electron chi connectivity index (χ3n) is 7.69. The molecule has 3 atom stereocenters. The standard InChI is InChI=1S/C31H40N2O7.H2O.2H2/c1-18(36)11-28(38)25(17-35)23(9-10-34)12-21-13-24-27(33(3)4)15-26(31(40)30(24)29(39)14-21)32-16-20-5-7-22(8-6-20)19(2)37;;;/h5-8,15,21,23,25,32,34-35,40H,9-14,16-17H2,1-4H3;1H2;2*1H. The Morgan fingerprint density at radius 1 is 1.10 bits per heavy atom. The minimum atomic E-state index is -0.787. The van der Waals surface area contributed by atoms with Gasteiger partial charge in [-0.25, -0.2) is 0 Å². The quantitative estimate of drug-likeness (QED) is 0.150. The molecule has 3 unspecified atom stereocenters. The number of fused-ring (bicyclic) bond motifs is 1. The van der Waals surface area contributed by atoms with Crippen LogP contribution in [-0.2, 0) is 22.6 Å². The fourth-order valence-electron chi connectivity index (χ4n) is 5.65. The Bertz CT molecular complexity index is 1270. The lowest BCUT2D eigenvalue weighted by Gasteiger charge is -2.33. The number of aromatic hydroxyl groups is 1. The van der Waals surface area contributed by atoms with E-state index in [4.69, 9.17) is 0 Å². The van der Waals surface area contributed by atoms with Gasteiger partial charge >= 0.3 is 0 Å². The summed E-state index contributed by atoms with van der Waals surface area (Å²) in [4.78, 5) is 51.0. The number of aliphatic hydroxyl groups is 2. The van der Waals surface area contributed by atoms with Crippen molar-refractivity contribution in [1.29, 1.82) is 0 Å². The van der Waals surface area contributed by atoms with E-state index in [0.717, 1.165) is 16.8 Å². The highest BCUT2D eigenvalue weighted by molar-refractivity contribution is 6.04. The number of phenols is 1. The number of anilines is 2. The molecule has 41 heavy (non-hydrogen) atoms. The van der Waals surface area contributed by atoms with E-state index in [2.05, 4.69) is 5.32 Å². The van der Waals surface area contributed by atoms with E-state index in [9.17, 15) is 34.5 Å². The van der Waals surface area contributed by atoms with Crippen LogP contribution in [0.1, 0.15) is 74.2 Å². The summed E-state index contributed by atoms with van der Waals surface area (Å²) in [5.74, 6) is -2.30. The largest absolute Gasteiger partial charge is 0.505 e. The van der Waals surface area contributed by atoms with Crippen molar-refractivity contribution in [3.05, 3.63) is 52.6 Å². The number of aliphatic hydroxyl groups excluding tert-OH is 2. The van der Waals surface area contributed by atoms with Crippen molar-refractivity contribution >= 4 is 34.5 Å². The average Bonchev–Trinajstić information content (AvgIpc) is 2.88. The summed E-state index contributed by atoms with van der Waals surface area (Å²) >= 11 is 0. The van der Waals surface area contributed by atoms with Crippen molar-refractivity contribution in [2.75, 3.05) is 37.5 Å². The molecule has 0 aromatic heterocycles. The van der Waals surface area contributed by atoms with Gasteiger partial charge in [-0.15, -0.1) is 0 Å². The Kier molecular flexibility index (Phi) is 12.2. The van der Waals surface area contributed by atoms with Gasteiger partial charge in [0.05, 0.1) is 24.3 Å². The Morgan fingerprint density at radius 3 is 2.29 bits per heavy atom. The van der Waals surface area contributed by atoms with Gasteiger partial charge in [0.25, 0.3) is 0 Å². The van der Waals surface area contributed by atoms with Crippen molar-refractivity contribution in [2.45, 2.75) is 52.5 Å². The maximum atomic E-state index is 13.4. The number of hydrogen-bond acceptors (Lipinski definition) is 9. The van der Waals surface area contributed by atoms with Crippen LogP contribution in [0.3, 0.4) is 0 Å². The van der Waals surface area contributed by atoms with Crippen LogP contribution in [0.2, 0.25) is 0 Å². The molecule has 2 aromatic carbocycles. The van der Waals surface area contributed by atoms with Crippen LogP contribution in [0, 0.1) is 17.8 Å². The highest BCUT2D eigenvalue weighted by Crippen LogP contribution is 2.44. The van der Waals surface area contributed by atoms with Gasteiger partial charge in [0, 0.05) is 53.7 Å². The minimum Gasteiger partial charge on any atom is -0.505 e. The van der Waals surface area contributed by atoms with E-state index in [1.54, 1.807) is 12.1 Å². The van der Waals surface area contributed by atoms with Gasteiger partial charge in [-0.1, -0.05) is 24.3 Å². The molecule has 10 heteroatoms. The molecule has 0 saturated carbocycles. The molecule has 0 fully saturated rings. The van der Waals surface area contributed by atoms with E-state index in [0.29, 0.717) is 30.6 Å². The summed E-state index contributed by atoms with van der Waals surface area (Å²) in [6.07, 6.45) is 1.06. The van der Waals surface area contributed by atoms with E-state index in [1.165, 1.54) is 13.8 Å². The summed E-state index contributed by atoms with van der Waals surface area (Å²) in [6, 6.07) is 8.99. The number of carbonyl (C=O) groups excluding carboxylic acids is 4. The molecular formula is C31H46N2O8. The number of rotatable bonds is 14. The number of hydrogen-bond donors (Lipinski definition) is 4. The van der Waals surface area contributed by atoms with Crippen molar-refractivity contribution in [1.82, 2.24) is 0 Å². The van der Waals surface area contributed by atoms with Crippen molar-refractivity contribution in [2.24, 2.45) is 17.8 Å². The number of nitrogens with zero attached hydrogens (tertiary/aromatic N) is 1. The maximum Gasteiger partial charge on any atom is 0.167 e. The van der Waals surface area contributed by atoms with Crippen LogP contribution in [-0.4, -0.2) is 71.2 Å². The summed E-state index contributed by atoms with van der Waals surface area (Å²) in [6.45, 7) is 2.61. The van der Waals surface area contributed by atoms with Crippen molar-refractivity contribution in [3.63, 3.8) is 0 Å². The molecule has 0 bridgehead atoms. The third kappa shape index (κ3) is 8.22. The van der Waals surface area contributed by atoms with E-state index in [1.807, 2.05) is 37.2 Å². The van der Waals surface area contributed by atoms with Crippen LogP contribution in [0.15, 0.2) is 30.3 Å². The molecule has 0 heterocycles. The first-order chi connectivity index (χ1) is 19.0. The number of phenolic OH excluding ortho intramolecular Hbond substituents is 1. The molecule has 3 rings (SSSR count). The molecule has 6 N–H and O–H groups in total. The second-order valence-electron chi connectivity index (χ2n) is 11.0. The Morgan fingerprint density at radius 2 is 1.76 bits per heavy atom. The summed E-state index contributed by atoms with van der Waals surface area (Å²) in [7, 11) is 3.73. The first-order valence-corrected chi connectivity index (χ1v) is 13.6. The number of nitrogens with one attached hydrogen (secondary N) is 1. The van der Waals surface area contributed by atoms with E-state index < -0.39 is 12.5 Å². The third-order valence-corrected chi connectivity index (χ3v) is 7.69. The van der Waals surface area contributed by atoms with Crippen LogP contribution >= 0.6 is 0 Å². The number of benzene rings is 2. The second kappa shape index (κ2) is 14.9. The highest BCUT2D eigenvalue weighted by atomic mass is 16.3. The molecule has 0 radical (unpaired) electrons. The van der Waals surface area contributed by atoms with E-state index >= 15 is 0 Å². The summed E-state index contributed by atoms with van der Waals surface area (Å²) < 4.78 is 0. The van der Waals surface area contributed by atoms with Crippen molar-refractivity contribution in [3.8, 4) is 5.75 Å². The Labute approximate surface area is 243 Å². The smallest absolute Gasteiger partial charge is 0.167 e. The first-order valence-electron chi connectivity index (χ1n) is 13.6. The van der Waals surface area contributed by atoms with Gasteiger partial charge in [0.2, 0.25) is 0 Å². The highest BCUT2D eigenvalue weighted by Gasteiger charge is 2.36. The molecule has 10 nitrogen and oxygen atoms in total. The van der Waals surface area contributed by atoms with Crippen LogP contribution < -0.4 is 10.2 Å². The average molecular weight is 575 g/mol. The number of Topliss-reactive ketones (excluding diaryl/α,β-unsaturated/α-hetero) is 4. The molecule has 0 aliphatic heterocycles. The summed E-state index contributed by atoms with van der Waals surface area (Å²) in [5, 5.41) is 34.0. The SMILES string of the molecule is CC(=O)CC(=O)C(CO)C(CCO)CC1CC(=O)c2c(O)c(NCc3ccc(C(C)=O)cc3)cc(N(C)C)c2C1.O.[HH].[HH]. The Hall–Kier alpha value is -3.60. The van der Waals surface area contributed by atoms with Gasteiger partial charge in [0.1, 0.15) is 17.3 Å². The topological polar surface area (TPSA) is 176 Å². The van der Waals surface area contributed by atoms with Gasteiger partial charge < -0.3 is 31.0 Å². The molecule has 1 aliphatic carbocycles. The predicted molar refractivity (Wildman–Crippen MR) is 161 cm³/mol. The minimum absolute atomic E-state index is 0. The molecule has 0 amide bonds. The molecular weight excluding hydrogens is 528 g/mol. The zero-order valence-corrected chi connectivity index (χ0v) is 24.2. The van der Waals surface area contributed by atoms with Gasteiger partial charge in [-0.2, -0.15) is 0 Å². The molecule has 2 aromatic rings. The van der Waals surface area contributed by atoms with Crippen molar-refractivity contribution < 1.29 is 42.8 Å². The van der Waals surface area contributed by atoms with Crippen LogP contribution in [0.4, 0.5) is 11.4 Å². The monoisotopic (exact) mass is 574 g/mol. The Balaban J connectivity index is 0.00000588. The summed E-state index contributed by atoms with van der Waals surface area (Å²) in [5.41, 5.74) is 3.74.